The number of piperazine rings is 1. The average Bonchev–Trinajstić information content (AvgIpc) is 3.10. The molecule has 1 atom stereocenters. The zero-order valence-electron chi connectivity index (χ0n) is 13.2. The van der Waals surface area contributed by atoms with E-state index < -0.39 is 0 Å². The van der Waals surface area contributed by atoms with Gasteiger partial charge in [-0.3, -0.25) is 4.90 Å². The van der Waals surface area contributed by atoms with Crippen LogP contribution in [0.4, 0.5) is 0 Å². The van der Waals surface area contributed by atoms with Crippen molar-refractivity contribution in [1.82, 2.24) is 10.2 Å². The van der Waals surface area contributed by atoms with Gasteiger partial charge in [-0.15, -0.1) is 0 Å². The largest absolute Gasteiger partial charge is 0.486 e. The van der Waals surface area contributed by atoms with Gasteiger partial charge in [-0.25, -0.2) is 0 Å². The van der Waals surface area contributed by atoms with E-state index in [2.05, 4.69) is 28.4 Å². The molecule has 1 aliphatic carbocycles. The minimum Gasteiger partial charge on any atom is -0.486 e. The lowest BCUT2D eigenvalue weighted by atomic mass is 9.89. The van der Waals surface area contributed by atoms with E-state index in [4.69, 9.17) is 9.47 Å². The topological polar surface area (TPSA) is 33.7 Å². The van der Waals surface area contributed by atoms with E-state index in [-0.39, 0.29) is 0 Å². The van der Waals surface area contributed by atoms with Crippen LogP contribution in [-0.4, -0.2) is 44.3 Å². The lowest BCUT2D eigenvalue weighted by Crippen LogP contribution is -2.46. The van der Waals surface area contributed by atoms with Gasteiger partial charge >= 0.3 is 0 Å². The lowest BCUT2D eigenvalue weighted by Gasteiger charge is -2.39. The van der Waals surface area contributed by atoms with Crippen LogP contribution in [0.15, 0.2) is 18.2 Å². The second-order valence-corrected chi connectivity index (χ2v) is 6.68. The van der Waals surface area contributed by atoms with E-state index in [1.165, 1.54) is 31.2 Å². The molecule has 22 heavy (non-hydrogen) atoms. The van der Waals surface area contributed by atoms with Crippen molar-refractivity contribution in [3.8, 4) is 11.5 Å². The predicted octanol–water partition coefficient (Wildman–Crippen LogP) is 2.59. The average molecular weight is 302 g/mol. The molecule has 1 aromatic carbocycles. The van der Waals surface area contributed by atoms with Gasteiger partial charge in [0.15, 0.2) is 11.5 Å². The molecule has 120 valence electrons. The first kappa shape index (κ1) is 14.3. The maximum atomic E-state index is 5.81. The minimum atomic E-state index is 0.542. The van der Waals surface area contributed by atoms with Crippen LogP contribution in [0.25, 0.3) is 0 Å². The summed E-state index contributed by atoms with van der Waals surface area (Å²) < 4.78 is 11.5. The molecule has 0 amide bonds. The van der Waals surface area contributed by atoms with E-state index in [1.54, 1.807) is 0 Å². The second-order valence-electron chi connectivity index (χ2n) is 6.68. The summed E-state index contributed by atoms with van der Waals surface area (Å²) in [6.45, 7) is 5.83. The van der Waals surface area contributed by atoms with Crippen LogP contribution in [0, 0.1) is 5.92 Å². The highest BCUT2D eigenvalue weighted by Crippen LogP contribution is 2.42. The molecule has 4 rings (SSSR count). The van der Waals surface area contributed by atoms with E-state index in [1.807, 2.05) is 0 Å². The van der Waals surface area contributed by atoms with Gasteiger partial charge in [0.25, 0.3) is 0 Å². The number of nitrogens with one attached hydrogen (secondary N) is 1. The summed E-state index contributed by atoms with van der Waals surface area (Å²) in [7, 11) is 0. The van der Waals surface area contributed by atoms with Crippen LogP contribution in [0.1, 0.15) is 37.3 Å². The molecule has 0 unspecified atom stereocenters. The van der Waals surface area contributed by atoms with E-state index in [0.717, 1.165) is 43.6 Å². The zero-order chi connectivity index (χ0) is 14.8. The number of ether oxygens (including phenoxy) is 2. The van der Waals surface area contributed by atoms with Gasteiger partial charge in [0, 0.05) is 32.2 Å². The fraction of sp³-hybridized carbons (Fsp3) is 0.667. The Bertz CT molecular complexity index is 508. The molecule has 0 aromatic heterocycles. The Balaban J connectivity index is 1.63. The molecule has 1 N–H and O–H groups in total. The molecule has 4 nitrogen and oxygen atoms in total. The predicted molar refractivity (Wildman–Crippen MR) is 86.6 cm³/mol. The smallest absolute Gasteiger partial charge is 0.161 e. The van der Waals surface area contributed by atoms with Crippen LogP contribution in [0.3, 0.4) is 0 Å². The summed E-state index contributed by atoms with van der Waals surface area (Å²) >= 11 is 0. The third kappa shape index (κ3) is 2.82. The summed E-state index contributed by atoms with van der Waals surface area (Å²) in [5, 5.41) is 3.48. The molecular formula is C18H26N2O2. The van der Waals surface area contributed by atoms with Gasteiger partial charge in [-0.2, -0.15) is 0 Å². The van der Waals surface area contributed by atoms with Crippen molar-refractivity contribution in [1.29, 1.82) is 0 Å². The SMILES string of the molecule is c1cc2c(cc1[C@H](C1CCCC1)N1CCNCC1)OCCO2. The van der Waals surface area contributed by atoms with Gasteiger partial charge in [-0.05, 0) is 36.5 Å². The van der Waals surface area contributed by atoms with Gasteiger partial charge in [0.2, 0.25) is 0 Å². The molecular weight excluding hydrogens is 276 g/mol. The summed E-state index contributed by atoms with van der Waals surface area (Å²) in [5.41, 5.74) is 1.41. The Labute approximate surface area is 132 Å². The second kappa shape index (κ2) is 6.47. The van der Waals surface area contributed by atoms with Crippen LogP contribution in [0.2, 0.25) is 0 Å². The van der Waals surface area contributed by atoms with Crippen molar-refractivity contribution in [2.75, 3.05) is 39.4 Å². The molecule has 1 saturated carbocycles. The standard InChI is InChI=1S/C18H26N2O2/c1-2-4-14(3-1)18(20-9-7-19-8-10-20)15-5-6-16-17(13-15)22-12-11-21-16/h5-6,13-14,18-19H,1-4,7-12H2/t18-/m0/s1. The zero-order valence-corrected chi connectivity index (χ0v) is 13.2. The van der Waals surface area contributed by atoms with Crippen LogP contribution < -0.4 is 14.8 Å². The van der Waals surface area contributed by atoms with Gasteiger partial charge < -0.3 is 14.8 Å². The van der Waals surface area contributed by atoms with Crippen molar-refractivity contribution < 1.29 is 9.47 Å². The Kier molecular flexibility index (Phi) is 4.22. The van der Waals surface area contributed by atoms with Crippen LogP contribution in [-0.2, 0) is 0 Å². The van der Waals surface area contributed by atoms with E-state index in [9.17, 15) is 0 Å². The first-order valence-electron chi connectivity index (χ1n) is 8.76. The Morgan fingerprint density at radius 2 is 1.73 bits per heavy atom. The summed E-state index contributed by atoms with van der Waals surface area (Å²) in [4.78, 5) is 2.68. The monoisotopic (exact) mass is 302 g/mol. The molecule has 1 aromatic rings. The van der Waals surface area contributed by atoms with Gasteiger partial charge in [0.05, 0.1) is 0 Å². The van der Waals surface area contributed by atoms with Crippen molar-refractivity contribution in [3.05, 3.63) is 23.8 Å². The molecule has 0 radical (unpaired) electrons. The summed E-state index contributed by atoms with van der Waals surface area (Å²) in [5.74, 6) is 2.63. The third-order valence-electron chi connectivity index (χ3n) is 5.30. The lowest BCUT2D eigenvalue weighted by molar-refractivity contribution is 0.124. The minimum absolute atomic E-state index is 0.542. The molecule has 4 heteroatoms. The number of hydrogen-bond donors (Lipinski definition) is 1. The summed E-state index contributed by atoms with van der Waals surface area (Å²) in [6, 6.07) is 7.15. The van der Waals surface area contributed by atoms with Crippen molar-refractivity contribution in [2.24, 2.45) is 5.92 Å². The third-order valence-corrected chi connectivity index (χ3v) is 5.30. The number of benzene rings is 1. The highest BCUT2D eigenvalue weighted by Gasteiger charge is 2.32. The number of rotatable bonds is 3. The van der Waals surface area contributed by atoms with Gasteiger partial charge in [0.1, 0.15) is 13.2 Å². The van der Waals surface area contributed by atoms with Crippen LogP contribution >= 0.6 is 0 Å². The van der Waals surface area contributed by atoms with E-state index >= 15 is 0 Å². The molecule has 0 bridgehead atoms. The maximum Gasteiger partial charge on any atom is 0.161 e. The van der Waals surface area contributed by atoms with E-state index in [0.29, 0.717) is 19.3 Å². The Hall–Kier alpha value is -1.26. The van der Waals surface area contributed by atoms with Crippen molar-refractivity contribution in [3.63, 3.8) is 0 Å². The molecule has 0 spiro atoms. The maximum absolute atomic E-state index is 5.81. The number of hydrogen-bond acceptors (Lipinski definition) is 4. The molecule has 3 aliphatic rings. The fourth-order valence-corrected chi connectivity index (χ4v) is 4.26. The first-order chi connectivity index (χ1) is 10.9. The molecule has 2 heterocycles. The fourth-order valence-electron chi connectivity index (χ4n) is 4.26. The van der Waals surface area contributed by atoms with Crippen molar-refractivity contribution >= 4 is 0 Å². The normalized spacial score (nSPS) is 24.4. The quantitative estimate of drug-likeness (QED) is 0.930. The Morgan fingerprint density at radius 1 is 1.00 bits per heavy atom. The van der Waals surface area contributed by atoms with Crippen LogP contribution in [0.5, 0.6) is 11.5 Å². The molecule has 1 saturated heterocycles. The number of fused-ring (bicyclic) bond motifs is 1. The molecule has 2 fully saturated rings. The summed E-state index contributed by atoms with van der Waals surface area (Å²) in [6.07, 6.45) is 5.50. The van der Waals surface area contributed by atoms with Crippen molar-refractivity contribution in [2.45, 2.75) is 31.7 Å². The first-order valence-corrected chi connectivity index (χ1v) is 8.76. The van der Waals surface area contributed by atoms with Gasteiger partial charge in [-0.1, -0.05) is 18.9 Å². The number of nitrogens with zero attached hydrogens (tertiary/aromatic N) is 1. The molecule has 2 aliphatic heterocycles. The highest BCUT2D eigenvalue weighted by atomic mass is 16.6. The highest BCUT2D eigenvalue weighted by molar-refractivity contribution is 5.45. The Morgan fingerprint density at radius 3 is 2.50 bits per heavy atom.